The average Bonchev–Trinajstić information content (AvgIpc) is 3.23. The minimum atomic E-state index is -0.199. The lowest BCUT2D eigenvalue weighted by Crippen LogP contribution is -2.37. The Morgan fingerprint density at radius 3 is 2.65 bits per heavy atom. The molecule has 2 N–H and O–H groups in total. The maximum atomic E-state index is 12.4. The molecule has 2 aromatic heterocycles. The van der Waals surface area contributed by atoms with Gasteiger partial charge in [0.05, 0.1) is 11.7 Å². The number of benzene rings is 1. The Labute approximate surface area is 153 Å². The van der Waals surface area contributed by atoms with Gasteiger partial charge < -0.3 is 14.6 Å². The van der Waals surface area contributed by atoms with Crippen molar-refractivity contribution in [3.8, 4) is 17.1 Å². The number of ether oxygens (including phenoxy) is 1. The van der Waals surface area contributed by atoms with E-state index in [1.54, 1.807) is 6.07 Å². The van der Waals surface area contributed by atoms with Crippen LogP contribution in [-0.4, -0.2) is 33.3 Å². The van der Waals surface area contributed by atoms with E-state index in [0.717, 1.165) is 28.3 Å². The summed E-state index contributed by atoms with van der Waals surface area (Å²) in [5, 5.41) is 9.97. The summed E-state index contributed by atoms with van der Waals surface area (Å²) in [7, 11) is 1.94. The molecule has 0 saturated heterocycles. The van der Waals surface area contributed by atoms with Crippen LogP contribution in [0.4, 0.5) is 0 Å². The minimum Gasteiger partial charge on any atom is -0.491 e. The second-order valence-corrected chi connectivity index (χ2v) is 6.58. The standard InChI is InChI=1S/C20H24N4O2/c1-13-7-5-8-14(2)19(13)26-12-15(3)21-20(25)17-11-16(22-23-17)18-9-6-10-24(18)4/h5-11,15H,12H2,1-4H3,(H,21,25)(H,22,23)/t15-/m0/s1. The van der Waals surface area contributed by atoms with Gasteiger partial charge in [-0.15, -0.1) is 0 Å². The Kier molecular flexibility index (Phi) is 5.11. The number of rotatable bonds is 6. The summed E-state index contributed by atoms with van der Waals surface area (Å²) in [6.07, 6.45) is 1.94. The van der Waals surface area contributed by atoms with Gasteiger partial charge in [-0.2, -0.15) is 5.10 Å². The Hall–Kier alpha value is -3.02. The summed E-state index contributed by atoms with van der Waals surface area (Å²) in [5.41, 5.74) is 4.29. The fourth-order valence-corrected chi connectivity index (χ4v) is 2.87. The maximum absolute atomic E-state index is 12.4. The Morgan fingerprint density at radius 1 is 1.27 bits per heavy atom. The van der Waals surface area contributed by atoms with Crippen molar-refractivity contribution < 1.29 is 9.53 Å². The molecule has 1 atom stereocenters. The van der Waals surface area contributed by atoms with Gasteiger partial charge in [-0.3, -0.25) is 9.89 Å². The van der Waals surface area contributed by atoms with Crippen LogP contribution >= 0.6 is 0 Å². The summed E-state index contributed by atoms with van der Waals surface area (Å²) in [6.45, 7) is 6.35. The number of nitrogens with one attached hydrogen (secondary N) is 2. The van der Waals surface area contributed by atoms with E-state index >= 15 is 0 Å². The van der Waals surface area contributed by atoms with Gasteiger partial charge in [-0.1, -0.05) is 18.2 Å². The number of aryl methyl sites for hydroxylation is 3. The molecule has 2 heterocycles. The lowest BCUT2D eigenvalue weighted by Gasteiger charge is -2.17. The van der Waals surface area contributed by atoms with Crippen LogP contribution in [0.15, 0.2) is 42.6 Å². The highest BCUT2D eigenvalue weighted by Gasteiger charge is 2.15. The normalized spacial score (nSPS) is 12.0. The lowest BCUT2D eigenvalue weighted by molar-refractivity contribution is 0.0921. The van der Waals surface area contributed by atoms with Crippen molar-refractivity contribution in [2.45, 2.75) is 26.8 Å². The molecule has 6 nitrogen and oxygen atoms in total. The molecular weight excluding hydrogens is 328 g/mol. The Balaban J connectivity index is 1.60. The maximum Gasteiger partial charge on any atom is 0.269 e. The lowest BCUT2D eigenvalue weighted by atomic mass is 10.1. The van der Waals surface area contributed by atoms with Crippen LogP contribution in [0, 0.1) is 13.8 Å². The fraction of sp³-hybridized carbons (Fsp3) is 0.300. The molecule has 1 amide bonds. The molecule has 3 aromatic rings. The first-order valence-electron chi connectivity index (χ1n) is 8.62. The summed E-state index contributed by atoms with van der Waals surface area (Å²) >= 11 is 0. The van der Waals surface area contributed by atoms with Crippen LogP contribution in [-0.2, 0) is 7.05 Å². The van der Waals surface area contributed by atoms with E-state index in [1.165, 1.54) is 0 Å². The molecule has 0 saturated carbocycles. The van der Waals surface area contributed by atoms with Gasteiger partial charge in [-0.05, 0) is 50.1 Å². The number of nitrogens with zero attached hydrogens (tertiary/aromatic N) is 2. The fourth-order valence-electron chi connectivity index (χ4n) is 2.87. The molecular formula is C20H24N4O2. The van der Waals surface area contributed by atoms with E-state index < -0.39 is 0 Å². The third kappa shape index (κ3) is 3.79. The smallest absolute Gasteiger partial charge is 0.269 e. The predicted molar refractivity (Wildman–Crippen MR) is 101 cm³/mol. The summed E-state index contributed by atoms with van der Waals surface area (Å²) < 4.78 is 7.86. The SMILES string of the molecule is Cc1cccc(C)c1OC[C@H](C)NC(=O)c1cc(-c2cccn2C)n[nH]1. The van der Waals surface area contributed by atoms with Crippen molar-refractivity contribution in [2.24, 2.45) is 7.05 Å². The van der Waals surface area contributed by atoms with Crippen molar-refractivity contribution in [1.29, 1.82) is 0 Å². The predicted octanol–water partition coefficient (Wildman–Crippen LogP) is 3.23. The van der Waals surface area contributed by atoms with Crippen LogP contribution in [0.25, 0.3) is 11.4 Å². The zero-order valence-electron chi connectivity index (χ0n) is 15.5. The molecule has 0 bridgehead atoms. The number of para-hydroxylation sites is 1. The van der Waals surface area contributed by atoms with Gasteiger partial charge >= 0.3 is 0 Å². The zero-order valence-corrected chi connectivity index (χ0v) is 15.5. The largest absolute Gasteiger partial charge is 0.491 e. The topological polar surface area (TPSA) is 71.9 Å². The van der Waals surface area contributed by atoms with E-state index in [-0.39, 0.29) is 11.9 Å². The summed E-state index contributed by atoms with van der Waals surface area (Å²) in [5.74, 6) is 0.677. The van der Waals surface area contributed by atoms with Crippen LogP contribution in [0.2, 0.25) is 0 Å². The van der Waals surface area contributed by atoms with E-state index in [0.29, 0.717) is 12.3 Å². The number of hydrogen-bond acceptors (Lipinski definition) is 3. The number of carbonyl (C=O) groups is 1. The molecule has 0 fully saturated rings. The van der Waals surface area contributed by atoms with E-state index in [4.69, 9.17) is 4.74 Å². The molecule has 26 heavy (non-hydrogen) atoms. The van der Waals surface area contributed by atoms with Crippen LogP contribution in [0.1, 0.15) is 28.5 Å². The molecule has 0 aliphatic rings. The molecule has 136 valence electrons. The van der Waals surface area contributed by atoms with Gasteiger partial charge in [-0.25, -0.2) is 0 Å². The third-order valence-electron chi connectivity index (χ3n) is 4.29. The first-order valence-corrected chi connectivity index (χ1v) is 8.62. The number of hydrogen-bond donors (Lipinski definition) is 2. The summed E-state index contributed by atoms with van der Waals surface area (Å²) in [6, 6.07) is 11.6. The van der Waals surface area contributed by atoms with Crippen molar-refractivity contribution in [2.75, 3.05) is 6.61 Å². The number of H-pyrrole nitrogens is 1. The van der Waals surface area contributed by atoms with Crippen molar-refractivity contribution in [3.05, 3.63) is 59.4 Å². The molecule has 0 aliphatic carbocycles. The third-order valence-corrected chi connectivity index (χ3v) is 4.29. The monoisotopic (exact) mass is 352 g/mol. The zero-order chi connectivity index (χ0) is 18.7. The van der Waals surface area contributed by atoms with Crippen LogP contribution < -0.4 is 10.1 Å². The van der Waals surface area contributed by atoms with Crippen molar-refractivity contribution in [1.82, 2.24) is 20.1 Å². The first-order chi connectivity index (χ1) is 12.5. The van der Waals surface area contributed by atoms with Gasteiger partial charge in [0.2, 0.25) is 0 Å². The van der Waals surface area contributed by atoms with Crippen molar-refractivity contribution >= 4 is 5.91 Å². The van der Waals surface area contributed by atoms with Gasteiger partial charge in [0, 0.05) is 13.2 Å². The molecule has 3 rings (SSSR count). The van der Waals surface area contributed by atoms with Crippen LogP contribution in [0.5, 0.6) is 5.75 Å². The molecule has 6 heteroatoms. The van der Waals surface area contributed by atoms with Crippen LogP contribution in [0.3, 0.4) is 0 Å². The second-order valence-electron chi connectivity index (χ2n) is 6.58. The van der Waals surface area contributed by atoms with Crippen molar-refractivity contribution in [3.63, 3.8) is 0 Å². The quantitative estimate of drug-likeness (QED) is 0.715. The Morgan fingerprint density at radius 2 is 2.00 bits per heavy atom. The minimum absolute atomic E-state index is 0.136. The molecule has 1 aromatic carbocycles. The number of aromatic amines is 1. The number of aromatic nitrogens is 3. The highest BCUT2D eigenvalue weighted by Crippen LogP contribution is 2.22. The van der Waals surface area contributed by atoms with Gasteiger partial charge in [0.1, 0.15) is 23.7 Å². The summed E-state index contributed by atoms with van der Waals surface area (Å²) in [4.78, 5) is 12.4. The van der Waals surface area contributed by atoms with E-state index in [9.17, 15) is 4.79 Å². The first kappa shape index (κ1) is 17.8. The van der Waals surface area contributed by atoms with Gasteiger partial charge in [0.25, 0.3) is 5.91 Å². The van der Waals surface area contributed by atoms with E-state index in [2.05, 4.69) is 15.5 Å². The molecule has 0 unspecified atom stereocenters. The highest BCUT2D eigenvalue weighted by atomic mass is 16.5. The molecule has 0 spiro atoms. The number of amides is 1. The van der Waals surface area contributed by atoms with Gasteiger partial charge in [0.15, 0.2) is 0 Å². The average molecular weight is 352 g/mol. The molecule has 0 radical (unpaired) electrons. The number of carbonyl (C=O) groups excluding carboxylic acids is 1. The second kappa shape index (κ2) is 7.47. The molecule has 0 aliphatic heterocycles. The van der Waals surface area contributed by atoms with E-state index in [1.807, 2.05) is 68.9 Å². The highest BCUT2D eigenvalue weighted by molar-refractivity contribution is 5.93. The Bertz CT molecular complexity index is 890.